The Bertz CT molecular complexity index is 836. The number of nitrogens with two attached hydrogens (primary N) is 1. The summed E-state index contributed by atoms with van der Waals surface area (Å²) in [5.41, 5.74) is 9.37. The van der Waals surface area contributed by atoms with Crippen molar-refractivity contribution in [3.05, 3.63) is 48.0 Å². The molecule has 0 radical (unpaired) electrons. The molecule has 3 rings (SSSR count). The lowest BCUT2D eigenvalue weighted by atomic mass is 9.92. The number of ether oxygens (including phenoxy) is 3. The van der Waals surface area contributed by atoms with Crippen LogP contribution in [-0.4, -0.2) is 51.9 Å². The van der Waals surface area contributed by atoms with Crippen LogP contribution < -0.4 is 15.2 Å². The van der Waals surface area contributed by atoms with Gasteiger partial charge >= 0.3 is 0 Å². The van der Waals surface area contributed by atoms with E-state index in [-0.39, 0.29) is 12.1 Å². The highest BCUT2D eigenvalue weighted by Crippen LogP contribution is 2.40. The van der Waals surface area contributed by atoms with Gasteiger partial charge in [-0.05, 0) is 35.4 Å². The van der Waals surface area contributed by atoms with Crippen molar-refractivity contribution in [2.75, 3.05) is 34.9 Å². The first-order valence-corrected chi connectivity index (χ1v) is 9.46. The Balaban J connectivity index is 1.98. The second kappa shape index (κ2) is 8.97. The van der Waals surface area contributed by atoms with E-state index in [9.17, 15) is 0 Å². The van der Waals surface area contributed by atoms with Gasteiger partial charge in [-0.3, -0.25) is 0 Å². The molecule has 0 saturated carbocycles. The van der Waals surface area contributed by atoms with Crippen LogP contribution in [0.4, 0.5) is 0 Å². The first-order chi connectivity index (χ1) is 13.5. The average molecular weight is 383 g/mol. The molecule has 0 unspecified atom stereocenters. The Morgan fingerprint density at radius 2 is 1.96 bits per heavy atom. The van der Waals surface area contributed by atoms with Gasteiger partial charge in [0.1, 0.15) is 17.6 Å². The fraction of sp³-hybridized carbons (Fsp3) is 0.409. The molecule has 0 amide bonds. The molecule has 6 heteroatoms. The predicted octanol–water partition coefficient (Wildman–Crippen LogP) is 3.47. The van der Waals surface area contributed by atoms with Gasteiger partial charge in [0, 0.05) is 46.2 Å². The molecule has 2 atom stereocenters. The van der Waals surface area contributed by atoms with Crippen LogP contribution in [-0.2, 0) is 4.74 Å². The highest BCUT2D eigenvalue weighted by atomic mass is 16.5. The van der Waals surface area contributed by atoms with Gasteiger partial charge in [0.2, 0.25) is 0 Å². The normalized spacial score (nSPS) is 18.9. The standard InChI is InChI=1S/C22H29N3O3/c1-25(2)22(23)24-20-14-18(10-11-26-3)28-21-9-8-16(13-19(20)21)15-6-5-7-17(12-15)27-4/h5-9,12-13,18,20H,10-11,14H2,1-4H3,(H2,23,24)/t18-,20+/m0/s1. The van der Waals surface area contributed by atoms with Crippen LogP contribution in [0, 0.1) is 0 Å². The van der Waals surface area contributed by atoms with E-state index in [2.05, 4.69) is 18.2 Å². The quantitative estimate of drug-likeness (QED) is 0.611. The maximum atomic E-state index is 6.21. The molecule has 150 valence electrons. The Hall–Kier alpha value is -2.73. The molecule has 0 aromatic heterocycles. The van der Waals surface area contributed by atoms with Crippen LogP contribution in [0.3, 0.4) is 0 Å². The van der Waals surface area contributed by atoms with E-state index in [0.717, 1.165) is 41.0 Å². The minimum Gasteiger partial charge on any atom is -0.497 e. The summed E-state index contributed by atoms with van der Waals surface area (Å²) < 4.78 is 16.8. The maximum absolute atomic E-state index is 6.21. The molecule has 0 saturated heterocycles. The van der Waals surface area contributed by atoms with Crippen molar-refractivity contribution in [1.29, 1.82) is 0 Å². The Kier molecular flexibility index (Phi) is 6.41. The lowest BCUT2D eigenvalue weighted by Gasteiger charge is -2.31. The van der Waals surface area contributed by atoms with Gasteiger partial charge < -0.3 is 24.8 Å². The number of guanidine groups is 1. The Labute approximate surface area is 166 Å². The minimum absolute atomic E-state index is 0.0545. The van der Waals surface area contributed by atoms with Crippen LogP contribution in [0.1, 0.15) is 24.4 Å². The summed E-state index contributed by atoms with van der Waals surface area (Å²) in [6.07, 6.45) is 1.65. The van der Waals surface area contributed by atoms with Crippen LogP contribution in [0.15, 0.2) is 47.5 Å². The van der Waals surface area contributed by atoms with Crippen molar-refractivity contribution in [2.24, 2.45) is 10.7 Å². The molecule has 0 aliphatic carbocycles. The fourth-order valence-electron chi connectivity index (χ4n) is 3.33. The van der Waals surface area contributed by atoms with Gasteiger partial charge in [-0.2, -0.15) is 0 Å². The summed E-state index contributed by atoms with van der Waals surface area (Å²) in [4.78, 5) is 6.60. The molecule has 1 aliphatic rings. The van der Waals surface area contributed by atoms with Crippen molar-refractivity contribution in [3.63, 3.8) is 0 Å². The molecular weight excluding hydrogens is 354 g/mol. The van der Waals surface area contributed by atoms with E-state index in [1.54, 1.807) is 14.2 Å². The number of aliphatic imine (C=N–C) groups is 1. The number of fused-ring (bicyclic) bond motifs is 1. The highest BCUT2D eigenvalue weighted by molar-refractivity contribution is 5.78. The molecule has 0 bridgehead atoms. The zero-order valence-corrected chi connectivity index (χ0v) is 17.0. The second-order valence-electron chi connectivity index (χ2n) is 7.14. The summed E-state index contributed by atoms with van der Waals surface area (Å²) in [5, 5.41) is 0. The fourth-order valence-corrected chi connectivity index (χ4v) is 3.33. The van der Waals surface area contributed by atoms with Crippen LogP contribution in [0.5, 0.6) is 11.5 Å². The number of nitrogens with zero attached hydrogens (tertiary/aromatic N) is 2. The number of methoxy groups -OCH3 is 2. The second-order valence-corrected chi connectivity index (χ2v) is 7.14. The van der Waals surface area contributed by atoms with Gasteiger partial charge in [0.05, 0.1) is 13.2 Å². The van der Waals surface area contributed by atoms with E-state index in [0.29, 0.717) is 12.6 Å². The van der Waals surface area contributed by atoms with E-state index in [1.807, 2.05) is 43.3 Å². The maximum Gasteiger partial charge on any atom is 0.191 e. The average Bonchev–Trinajstić information content (AvgIpc) is 2.71. The highest BCUT2D eigenvalue weighted by Gasteiger charge is 2.29. The third-order valence-corrected chi connectivity index (χ3v) is 4.94. The van der Waals surface area contributed by atoms with Crippen molar-refractivity contribution < 1.29 is 14.2 Å². The Morgan fingerprint density at radius 1 is 1.18 bits per heavy atom. The molecule has 2 aromatic rings. The minimum atomic E-state index is -0.0569. The first-order valence-electron chi connectivity index (χ1n) is 9.46. The zero-order chi connectivity index (χ0) is 20.1. The first kappa shape index (κ1) is 20.0. The van der Waals surface area contributed by atoms with E-state index in [1.165, 1.54) is 0 Å². The van der Waals surface area contributed by atoms with Crippen LogP contribution >= 0.6 is 0 Å². The summed E-state index contributed by atoms with van der Waals surface area (Å²) in [6.45, 7) is 0.654. The summed E-state index contributed by atoms with van der Waals surface area (Å²) in [6, 6.07) is 14.2. The smallest absolute Gasteiger partial charge is 0.191 e. The molecule has 28 heavy (non-hydrogen) atoms. The number of rotatable bonds is 6. The van der Waals surface area contributed by atoms with Crippen molar-refractivity contribution >= 4 is 5.96 Å². The molecule has 2 N–H and O–H groups in total. The summed E-state index contributed by atoms with van der Waals surface area (Å²) in [7, 11) is 7.17. The van der Waals surface area contributed by atoms with Crippen molar-refractivity contribution in [1.82, 2.24) is 4.90 Å². The molecule has 2 aromatic carbocycles. The summed E-state index contributed by atoms with van der Waals surface area (Å²) >= 11 is 0. The van der Waals surface area contributed by atoms with Gasteiger partial charge in [-0.15, -0.1) is 0 Å². The molecule has 1 heterocycles. The lowest BCUT2D eigenvalue weighted by Crippen LogP contribution is -2.33. The monoisotopic (exact) mass is 383 g/mol. The third-order valence-electron chi connectivity index (χ3n) is 4.94. The number of benzene rings is 2. The SMILES string of the molecule is COCC[C@H]1C[C@@H](N=C(N)N(C)C)c2cc(-c3cccc(OC)c3)ccc2O1. The van der Waals surface area contributed by atoms with Gasteiger partial charge in [0.25, 0.3) is 0 Å². The molecule has 0 spiro atoms. The largest absolute Gasteiger partial charge is 0.497 e. The summed E-state index contributed by atoms with van der Waals surface area (Å²) in [5.74, 6) is 2.20. The van der Waals surface area contributed by atoms with E-state index >= 15 is 0 Å². The third kappa shape index (κ3) is 4.57. The van der Waals surface area contributed by atoms with Crippen molar-refractivity contribution in [3.8, 4) is 22.6 Å². The van der Waals surface area contributed by atoms with Crippen LogP contribution in [0.2, 0.25) is 0 Å². The van der Waals surface area contributed by atoms with Gasteiger partial charge in [0.15, 0.2) is 5.96 Å². The molecular formula is C22H29N3O3. The topological polar surface area (TPSA) is 69.3 Å². The van der Waals surface area contributed by atoms with E-state index < -0.39 is 0 Å². The molecule has 6 nitrogen and oxygen atoms in total. The Morgan fingerprint density at radius 3 is 2.68 bits per heavy atom. The molecule has 0 fully saturated rings. The van der Waals surface area contributed by atoms with E-state index in [4.69, 9.17) is 24.9 Å². The van der Waals surface area contributed by atoms with Gasteiger partial charge in [-0.25, -0.2) is 4.99 Å². The predicted molar refractivity (Wildman–Crippen MR) is 112 cm³/mol. The van der Waals surface area contributed by atoms with Crippen LogP contribution in [0.25, 0.3) is 11.1 Å². The number of hydrogen-bond acceptors (Lipinski definition) is 4. The van der Waals surface area contributed by atoms with Gasteiger partial charge in [-0.1, -0.05) is 18.2 Å². The number of hydrogen-bond donors (Lipinski definition) is 1. The lowest BCUT2D eigenvalue weighted by molar-refractivity contribution is 0.104. The van der Waals surface area contributed by atoms with Crippen molar-refractivity contribution in [2.45, 2.75) is 25.0 Å². The molecule has 1 aliphatic heterocycles. The zero-order valence-electron chi connectivity index (χ0n) is 17.0.